The summed E-state index contributed by atoms with van der Waals surface area (Å²) in [5.74, 6) is 0. The molecule has 1 aliphatic rings. The molecular formula is C22H28ClN2O. The van der Waals surface area contributed by atoms with Gasteiger partial charge >= 0.3 is 0 Å². The van der Waals surface area contributed by atoms with Crippen LogP contribution >= 0.6 is 11.6 Å². The lowest BCUT2D eigenvalue weighted by Gasteiger charge is -2.37. The number of aliphatic hydroxyl groups excluding tert-OH is 1. The maximum absolute atomic E-state index is 10.4. The van der Waals surface area contributed by atoms with Crippen LogP contribution in [0.2, 0.25) is 5.02 Å². The summed E-state index contributed by atoms with van der Waals surface area (Å²) in [6.07, 6.45) is 1.22. The number of rotatable bonds is 6. The van der Waals surface area contributed by atoms with Gasteiger partial charge in [0.05, 0.1) is 12.6 Å². The summed E-state index contributed by atoms with van der Waals surface area (Å²) in [5.41, 5.74) is 5.06. The molecule has 1 heterocycles. The molecular weight excluding hydrogens is 344 g/mol. The molecule has 1 radical (unpaired) electrons. The number of hydrogen-bond donors (Lipinski definition) is 1. The van der Waals surface area contributed by atoms with E-state index >= 15 is 0 Å². The van der Waals surface area contributed by atoms with E-state index < -0.39 is 0 Å². The van der Waals surface area contributed by atoms with Gasteiger partial charge in [-0.25, -0.2) is 0 Å². The summed E-state index contributed by atoms with van der Waals surface area (Å²) in [4.78, 5) is 4.68. The van der Waals surface area contributed by atoms with Crippen molar-refractivity contribution in [1.29, 1.82) is 0 Å². The van der Waals surface area contributed by atoms with E-state index in [2.05, 4.69) is 48.4 Å². The van der Waals surface area contributed by atoms with E-state index in [9.17, 15) is 5.11 Å². The second-order valence-corrected chi connectivity index (χ2v) is 7.57. The van der Waals surface area contributed by atoms with Gasteiger partial charge in [-0.1, -0.05) is 48.0 Å². The van der Waals surface area contributed by atoms with Crippen LogP contribution in [0.15, 0.2) is 42.5 Å². The molecule has 1 saturated heterocycles. The molecule has 1 aliphatic heterocycles. The number of β-amino-alcohol motifs (C(OH)–C–C–N with tert-alkyl or cyclic N) is 1. The van der Waals surface area contributed by atoms with Gasteiger partial charge in [0.2, 0.25) is 0 Å². The maximum atomic E-state index is 10.4. The third-order valence-electron chi connectivity index (χ3n) is 5.12. The van der Waals surface area contributed by atoms with Gasteiger partial charge in [0, 0.05) is 36.9 Å². The summed E-state index contributed by atoms with van der Waals surface area (Å²) in [7, 11) is 0. The van der Waals surface area contributed by atoms with Gasteiger partial charge in [-0.3, -0.25) is 4.90 Å². The Bertz CT molecular complexity index is 706. The van der Waals surface area contributed by atoms with Gasteiger partial charge in [0.25, 0.3) is 0 Å². The molecule has 1 N–H and O–H groups in total. The van der Waals surface area contributed by atoms with Crippen LogP contribution in [0, 0.1) is 20.4 Å². The van der Waals surface area contributed by atoms with Gasteiger partial charge in [0.1, 0.15) is 0 Å². The number of aryl methyl sites for hydroxylation is 3. The Morgan fingerprint density at radius 1 is 1.04 bits per heavy atom. The fraction of sp³-hybridized carbons (Fsp3) is 0.409. The molecule has 3 nitrogen and oxygen atoms in total. The minimum atomic E-state index is -0.327. The minimum absolute atomic E-state index is 0.327. The molecule has 1 unspecified atom stereocenters. The van der Waals surface area contributed by atoms with Gasteiger partial charge in [0.15, 0.2) is 0 Å². The number of para-hydroxylation sites is 1. The number of anilines is 1. The highest BCUT2D eigenvalue weighted by Gasteiger charge is 2.21. The van der Waals surface area contributed by atoms with Crippen LogP contribution in [0.1, 0.15) is 23.1 Å². The highest BCUT2D eigenvalue weighted by atomic mass is 35.5. The van der Waals surface area contributed by atoms with E-state index in [4.69, 9.17) is 11.6 Å². The van der Waals surface area contributed by atoms with Crippen LogP contribution in [0.25, 0.3) is 0 Å². The van der Waals surface area contributed by atoms with E-state index in [0.29, 0.717) is 6.54 Å². The molecule has 0 spiro atoms. The molecule has 26 heavy (non-hydrogen) atoms. The average Bonchev–Trinajstić information content (AvgIpc) is 2.62. The Kier molecular flexibility index (Phi) is 6.58. The first-order valence-corrected chi connectivity index (χ1v) is 9.72. The second kappa shape index (κ2) is 8.90. The molecule has 0 aliphatic carbocycles. The zero-order valence-electron chi connectivity index (χ0n) is 15.7. The lowest BCUT2D eigenvalue weighted by molar-refractivity contribution is 0.106. The topological polar surface area (TPSA) is 26.7 Å². The fourth-order valence-corrected chi connectivity index (χ4v) is 3.92. The van der Waals surface area contributed by atoms with Crippen molar-refractivity contribution in [2.24, 2.45) is 0 Å². The van der Waals surface area contributed by atoms with E-state index in [1.165, 1.54) is 16.8 Å². The molecule has 2 aromatic carbocycles. The Morgan fingerprint density at radius 3 is 2.42 bits per heavy atom. The Balaban J connectivity index is 1.47. The predicted octanol–water partition coefficient (Wildman–Crippen LogP) is 4.23. The van der Waals surface area contributed by atoms with Crippen molar-refractivity contribution in [3.63, 3.8) is 0 Å². The minimum Gasteiger partial charge on any atom is -0.392 e. The summed E-state index contributed by atoms with van der Waals surface area (Å²) in [6, 6.07) is 14.3. The van der Waals surface area contributed by atoms with Gasteiger partial charge < -0.3 is 10.0 Å². The number of nitrogens with zero attached hydrogens (tertiary/aromatic N) is 2. The third-order valence-corrected chi connectivity index (χ3v) is 5.49. The molecule has 2 aromatic rings. The van der Waals surface area contributed by atoms with Gasteiger partial charge in [-0.15, -0.1) is 0 Å². The summed E-state index contributed by atoms with van der Waals surface area (Å²) in [5, 5.41) is 11.2. The van der Waals surface area contributed by atoms with Crippen LogP contribution in [0.5, 0.6) is 0 Å². The molecule has 0 saturated carbocycles. The van der Waals surface area contributed by atoms with Crippen molar-refractivity contribution in [3.8, 4) is 0 Å². The number of halogens is 1. The quantitative estimate of drug-likeness (QED) is 0.822. The molecule has 3 rings (SSSR count). The summed E-state index contributed by atoms with van der Waals surface area (Å²) < 4.78 is 0. The van der Waals surface area contributed by atoms with Crippen LogP contribution in [0.4, 0.5) is 5.69 Å². The third kappa shape index (κ3) is 4.79. The van der Waals surface area contributed by atoms with Crippen LogP contribution in [-0.4, -0.2) is 42.3 Å². The van der Waals surface area contributed by atoms with Crippen molar-refractivity contribution in [3.05, 3.63) is 70.7 Å². The number of aliphatic hydroxyl groups is 1. The normalized spacial score (nSPS) is 16.7. The van der Waals surface area contributed by atoms with Crippen LogP contribution in [0.3, 0.4) is 0 Å². The SMILES string of the molecule is Cc1cccc(C)c1N1[CH]CN(CC(O)CCc2ccccc2Cl)CC1. The first-order chi connectivity index (χ1) is 12.5. The maximum Gasteiger partial charge on any atom is 0.0670 e. The molecule has 0 aromatic heterocycles. The Morgan fingerprint density at radius 2 is 1.77 bits per heavy atom. The summed E-state index contributed by atoms with van der Waals surface area (Å²) >= 11 is 6.20. The molecule has 1 fully saturated rings. The van der Waals surface area contributed by atoms with Crippen molar-refractivity contribution < 1.29 is 5.11 Å². The molecule has 0 amide bonds. The standard InChI is InChI=1S/C22H28ClN2O/c1-17-6-5-7-18(2)22(17)25-14-12-24(13-15-25)16-20(26)11-10-19-8-3-4-9-21(19)23/h3-9,14,20,26H,10-13,15-16H2,1-2H3. The summed E-state index contributed by atoms with van der Waals surface area (Å²) in [6.45, 7) is 10.1. The monoisotopic (exact) mass is 371 g/mol. The second-order valence-electron chi connectivity index (χ2n) is 7.16. The Hall–Kier alpha value is -1.55. The van der Waals surface area contributed by atoms with Crippen LogP contribution < -0.4 is 4.90 Å². The smallest absolute Gasteiger partial charge is 0.0670 e. The highest BCUT2D eigenvalue weighted by Crippen LogP contribution is 2.27. The highest BCUT2D eigenvalue weighted by molar-refractivity contribution is 6.31. The molecule has 4 heteroatoms. The number of hydrogen-bond acceptors (Lipinski definition) is 3. The van der Waals surface area contributed by atoms with E-state index in [-0.39, 0.29) is 6.10 Å². The first kappa shape index (κ1) is 19.2. The van der Waals surface area contributed by atoms with Crippen molar-refractivity contribution in [2.75, 3.05) is 31.1 Å². The Labute approximate surface area is 162 Å². The largest absolute Gasteiger partial charge is 0.392 e. The van der Waals surface area contributed by atoms with E-state index in [1.54, 1.807) is 0 Å². The lowest BCUT2D eigenvalue weighted by Crippen LogP contribution is -2.46. The van der Waals surface area contributed by atoms with Crippen LogP contribution in [-0.2, 0) is 6.42 Å². The number of benzene rings is 2. The first-order valence-electron chi connectivity index (χ1n) is 9.34. The predicted molar refractivity (Wildman–Crippen MR) is 110 cm³/mol. The van der Waals surface area contributed by atoms with Gasteiger partial charge in [-0.05, 0) is 49.4 Å². The lowest BCUT2D eigenvalue weighted by atomic mass is 10.1. The van der Waals surface area contributed by atoms with Crippen molar-refractivity contribution in [2.45, 2.75) is 32.8 Å². The van der Waals surface area contributed by atoms with Crippen molar-refractivity contribution >= 4 is 17.3 Å². The zero-order valence-corrected chi connectivity index (χ0v) is 16.4. The van der Waals surface area contributed by atoms with Gasteiger partial charge in [-0.2, -0.15) is 0 Å². The number of piperazine rings is 1. The molecule has 1 atom stereocenters. The molecule has 0 bridgehead atoms. The molecule has 139 valence electrons. The average molecular weight is 372 g/mol. The zero-order chi connectivity index (χ0) is 18.5. The fourth-order valence-electron chi connectivity index (χ4n) is 3.69. The van der Waals surface area contributed by atoms with E-state index in [1.807, 2.05) is 24.3 Å². The van der Waals surface area contributed by atoms with Crippen molar-refractivity contribution in [1.82, 2.24) is 4.90 Å². The van der Waals surface area contributed by atoms with E-state index in [0.717, 1.165) is 43.1 Å².